The quantitative estimate of drug-likeness (QED) is 0.0243. The molecule has 0 spiro atoms. The molecule has 0 bridgehead atoms. The Kier molecular flexibility index (Phi) is 19.0. The number of nitrogens with one attached hydrogen (secondary N) is 1. The van der Waals surface area contributed by atoms with E-state index < -0.39 is 117 Å². The molecular formula is C39H59N11O19P2S2. The smallest absolute Gasteiger partial charge is 0.386 e. The predicted octanol–water partition coefficient (Wildman–Crippen LogP) is -0.777. The summed E-state index contributed by atoms with van der Waals surface area (Å²) in [6, 6.07) is 0. The third-order valence-corrected chi connectivity index (χ3v) is 14.9. The Hall–Kier alpha value is -3.86. The fourth-order valence-corrected chi connectivity index (χ4v) is 11.1. The van der Waals surface area contributed by atoms with Crippen molar-refractivity contribution in [3.05, 3.63) is 61.2 Å². The van der Waals surface area contributed by atoms with Crippen molar-refractivity contribution in [1.82, 2.24) is 38.6 Å². The summed E-state index contributed by atoms with van der Waals surface area (Å²) in [5.41, 5.74) is 16.3. The van der Waals surface area contributed by atoms with E-state index in [1.165, 1.54) is 44.6 Å². The fraction of sp³-hybridized carbons (Fsp3) is 0.667. The van der Waals surface area contributed by atoms with E-state index in [-0.39, 0.29) is 68.4 Å². The zero-order chi connectivity index (χ0) is 52.9. The molecule has 0 aromatic carbocycles. The Morgan fingerprint density at radius 3 is 1.81 bits per heavy atom. The number of hydrogen-bond acceptors (Lipinski definition) is 26. The molecule has 0 amide bonds. The number of aromatic nitrogens is 8. The molecule has 5 unspecified atom stereocenters. The van der Waals surface area contributed by atoms with Gasteiger partial charge in [-0.05, 0) is 32.6 Å². The van der Waals surface area contributed by atoms with E-state index in [1.54, 1.807) is 20.8 Å². The number of fused-ring (bicyclic) bond motifs is 1. The molecular weight excluding hydrogens is 1050 g/mol. The molecule has 3 aliphatic rings. The molecule has 14 atom stereocenters. The number of rotatable bonds is 25. The van der Waals surface area contributed by atoms with Gasteiger partial charge in [0.1, 0.15) is 60.5 Å². The molecule has 4 aromatic rings. The van der Waals surface area contributed by atoms with E-state index in [1.807, 2.05) is 0 Å². The minimum absolute atomic E-state index is 0.00998. The monoisotopic (exact) mass is 1110 g/mol. The number of H-pyrrole nitrogens is 1. The number of nitrogens with zero attached hydrogens (tertiary/aromatic N) is 7. The van der Waals surface area contributed by atoms with E-state index in [9.17, 15) is 28.9 Å². The van der Waals surface area contributed by atoms with Crippen LogP contribution in [0.1, 0.15) is 36.7 Å². The number of nitrogen functional groups attached to an aromatic ring is 3. The number of aryl methyl sites for hydroxylation is 2. The highest BCUT2D eigenvalue weighted by atomic mass is 32.7. The lowest BCUT2D eigenvalue weighted by Crippen LogP contribution is -2.40. The van der Waals surface area contributed by atoms with Gasteiger partial charge in [0.2, 0.25) is 5.95 Å². The highest BCUT2D eigenvalue weighted by Crippen LogP contribution is 2.57. The third-order valence-electron chi connectivity index (χ3n) is 11.7. The maximum absolute atomic E-state index is 14.4. The normalized spacial score (nSPS) is 29.0. The van der Waals surface area contributed by atoms with Crippen molar-refractivity contribution >= 4 is 66.3 Å². The van der Waals surface area contributed by atoms with Crippen molar-refractivity contribution in [3.8, 4) is 0 Å². The van der Waals surface area contributed by atoms with Gasteiger partial charge >= 0.3 is 24.9 Å². The summed E-state index contributed by atoms with van der Waals surface area (Å²) < 4.78 is 94.4. The van der Waals surface area contributed by atoms with E-state index in [0.29, 0.717) is 11.1 Å². The van der Waals surface area contributed by atoms with Gasteiger partial charge in [-0.2, -0.15) is 15.0 Å². The molecule has 3 fully saturated rings. The van der Waals surface area contributed by atoms with Crippen molar-refractivity contribution in [1.29, 1.82) is 0 Å². The Bertz CT molecular complexity index is 2830. The number of nitrogens with two attached hydrogens (primary N) is 3. The zero-order valence-electron chi connectivity index (χ0n) is 40.3. The number of aliphatic hydroxyl groups excluding tert-OH is 1. The van der Waals surface area contributed by atoms with Crippen molar-refractivity contribution in [2.24, 2.45) is 0 Å². The minimum atomic E-state index is -4.64. The first-order valence-corrected chi connectivity index (χ1v) is 27.7. The van der Waals surface area contributed by atoms with Crippen LogP contribution < -0.4 is 34.1 Å². The van der Waals surface area contributed by atoms with Gasteiger partial charge in [-0.3, -0.25) is 37.1 Å². The van der Waals surface area contributed by atoms with Crippen LogP contribution in [0.25, 0.3) is 11.2 Å². The second-order valence-corrected chi connectivity index (χ2v) is 22.4. The van der Waals surface area contributed by atoms with E-state index in [2.05, 4.69) is 37.2 Å². The highest BCUT2D eigenvalue weighted by molar-refractivity contribution is 8.44. The molecule has 0 saturated carbocycles. The second kappa shape index (κ2) is 24.4. The van der Waals surface area contributed by atoms with E-state index in [4.69, 9.17) is 89.7 Å². The number of methoxy groups -OCH3 is 3. The van der Waals surface area contributed by atoms with Crippen LogP contribution in [0.5, 0.6) is 0 Å². The largest absolute Gasteiger partial charge is 0.387 e. The van der Waals surface area contributed by atoms with Crippen molar-refractivity contribution in [2.45, 2.75) is 94.4 Å². The maximum atomic E-state index is 14.4. The number of anilines is 3. The van der Waals surface area contributed by atoms with Gasteiger partial charge in [0.05, 0.1) is 65.3 Å². The van der Waals surface area contributed by atoms with Crippen LogP contribution in [0.4, 0.5) is 17.6 Å². The number of imidazole rings is 1. The molecule has 9 N–H and O–H groups in total. The van der Waals surface area contributed by atoms with Crippen LogP contribution in [0.2, 0.25) is 0 Å². The first-order chi connectivity index (χ1) is 34.7. The Balaban J connectivity index is 1.14. The summed E-state index contributed by atoms with van der Waals surface area (Å²) >= 11 is 9.84. The molecule has 30 nitrogen and oxygen atoms in total. The van der Waals surface area contributed by atoms with Crippen LogP contribution in [-0.2, 0) is 77.1 Å². The van der Waals surface area contributed by atoms with Gasteiger partial charge in [-0.1, -0.05) is 12.2 Å². The molecule has 73 heavy (non-hydrogen) atoms. The number of aliphatic hydroxyl groups is 1. The molecule has 3 saturated heterocycles. The average molecular weight is 1110 g/mol. The molecule has 0 radical (unpaired) electrons. The molecule has 7 heterocycles. The summed E-state index contributed by atoms with van der Waals surface area (Å²) in [5.74, 6) is -0.244. The van der Waals surface area contributed by atoms with Crippen molar-refractivity contribution in [3.63, 3.8) is 0 Å². The lowest BCUT2D eigenvalue weighted by molar-refractivity contribution is -0.0831. The minimum Gasteiger partial charge on any atom is -0.387 e. The fourth-order valence-electron chi connectivity index (χ4n) is 8.14. The van der Waals surface area contributed by atoms with Gasteiger partial charge in [0.15, 0.2) is 29.8 Å². The maximum Gasteiger partial charge on any atom is 0.386 e. The first kappa shape index (κ1) is 56.9. The van der Waals surface area contributed by atoms with Gasteiger partial charge in [0.25, 0.3) is 5.56 Å². The molecule has 0 aliphatic carbocycles. The van der Waals surface area contributed by atoms with Gasteiger partial charge in [-0.15, -0.1) is 0 Å². The molecule has 3 aliphatic heterocycles. The molecule has 406 valence electrons. The summed E-state index contributed by atoms with van der Waals surface area (Å²) in [6.07, 6.45) is -11.0. The number of thiol groups is 1. The molecule has 4 aromatic heterocycles. The Labute approximate surface area is 425 Å². The SMILES string of the molecule is COCCO[C@H]1C(O)[C@@H](COP(=O)(S)OC2[C@@H](COP(O)(=S)OC3[C@@H](C)O[C@@H](n4cnc5c(=O)[nH]c(N)nc54)[C@H]3OCCOC)O[C@@H](n3cc(C)c(N)nc3=O)[C@H]2OCCOC)O[C@H]1n1cc(C)c(N)nc1=O. The predicted molar refractivity (Wildman–Crippen MR) is 261 cm³/mol. The van der Waals surface area contributed by atoms with Crippen molar-refractivity contribution < 1.29 is 75.3 Å². The third kappa shape index (κ3) is 13.2. The standard InChI is InChI=1S/C39H59N11O19P2S2/c1-18-13-48(38(53)44-30(18)40)34-27(60-10-7-57-4)24(51)21(66-34)15-63-71(56,73)69-26-22(67-35(29(26)62-12-9-59-6)49-14-19(2)31(41)45-39(49)54)16-64-70(55,72)68-25-20(3)65-36(28(25)61-11-8-58-5)50-17-43-23-32(50)46-37(42)47-33(23)52/h13-14,17,20-22,24-29,34-36,51H,7-12,15-16H2,1-6H3,(H,55,72)(H,56,73)(H2,40,44,53)(H2,41,45,54)(H3,42,46,47,52)/t20-,21-,22-,24?,25?,26?,27+,28+,29+,34-,35-,36-,70?,71?/m1/s1. The first-order valence-electron chi connectivity index (χ1n) is 22.4. The van der Waals surface area contributed by atoms with Gasteiger partial charge < -0.3 is 74.4 Å². The highest BCUT2D eigenvalue weighted by Gasteiger charge is 2.53. The zero-order valence-corrected chi connectivity index (χ0v) is 43.8. The van der Waals surface area contributed by atoms with Gasteiger partial charge in [-0.25, -0.2) is 19.1 Å². The number of ether oxygens (including phenoxy) is 9. The van der Waals surface area contributed by atoms with Crippen molar-refractivity contribution in [2.75, 3.05) is 91.4 Å². The molecule has 34 heteroatoms. The summed E-state index contributed by atoms with van der Waals surface area (Å²) in [7, 11) is 4.35. The van der Waals surface area contributed by atoms with Crippen LogP contribution in [0, 0.1) is 13.8 Å². The number of aromatic amines is 1. The van der Waals surface area contributed by atoms with Crippen LogP contribution in [-0.4, -0.2) is 178 Å². The van der Waals surface area contributed by atoms with Crippen LogP contribution >= 0.6 is 25.8 Å². The Morgan fingerprint density at radius 1 is 0.726 bits per heavy atom. The molecule has 7 rings (SSSR count). The topological polar surface area (TPSA) is 389 Å². The average Bonchev–Trinajstić information content (AvgIpc) is 4.07. The van der Waals surface area contributed by atoms with Crippen LogP contribution in [0.3, 0.4) is 0 Å². The lowest BCUT2D eigenvalue weighted by atomic mass is 10.1. The number of hydrogen-bond donors (Lipinski definition) is 7. The lowest BCUT2D eigenvalue weighted by Gasteiger charge is -2.29. The van der Waals surface area contributed by atoms with E-state index >= 15 is 0 Å². The Morgan fingerprint density at radius 2 is 1.23 bits per heavy atom. The summed E-state index contributed by atoms with van der Waals surface area (Å²) in [4.78, 5) is 69.4. The van der Waals surface area contributed by atoms with E-state index in [0.717, 1.165) is 9.13 Å². The summed E-state index contributed by atoms with van der Waals surface area (Å²) in [6.45, 7) is -5.31. The summed E-state index contributed by atoms with van der Waals surface area (Å²) in [5, 5.41) is 11.5. The van der Waals surface area contributed by atoms with Crippen LogP contribution in [0.15, 0.2) is 33.1 Å². The second-order valence-electron chi connectivity index (χ2n) is 16.8. The van der Waals surface area contributed by atoms with Gasteiger partial charge in [0, 0.05) is 44.8 Å².